The Morgan fingerprint density at radius 1 is 0.922 bits per heavy atom. The Bertz CT molecular complexity index is 1200. The van der Waals surface area contributed by atoms with E-state index in [1.54, 1.807) is 40.7 Å². The third-order valence-corrected chi connectivity index (χ3v) is 11.1. The number of aliphatic hydroxyl groups excluding tert-OH is 3. The van der Waals surface area contributed by atoms with E-state index in [1.165, 1.54) is 34.1 Å². The molecule has 0 bridgehead atoms. The van der Waals surface area contributed by atoms with E-state index in [9.17, 15) is 35.1 Å². The van der Waals surface area contributed by atoms with Crippen molar-refractivity contribution in [1.82, 2.24) is 0 Å². The summed E-state index contributed by atoms with van der Waals surface area (Å²) in [6.45, 7) is 11.5. The van der Waals surface area contributed by atoms with Gasteiger partial charge in [0.05, 0.1) is 43.2 Å². The van der Waals surface area contributed by atoms with Crippen LogP contribution in [0.25, 0.3) is 0 Å². The van der Waals surface area contributed by atoms with Gasteiger partial charge in [-0.25, -0.2) is 4.79 Å². The number of ketones is 1. The summed E-state index contributed by atoms with van der Waals surface area (Å²) < 4.78 is 47.1. The topological polar surface area (TPSA) is 212 Å². The zero-order chi connectivity index (χ0) is 38.0. The number of rotatable bonds is 8. The molecule has 51 heavy (non-hydrogen) atoms. The first kappa shape index (κ1) is 42.1. The van der Waals surface area contributed by atoms with Crippen molar-refractivity contribution in [3.05, 3.63) is 12.2 Å². The van der Waals surface area contributed by atoms with Crippen LogP contribution in [-0.4, -0.2) is 149 Å². The van der Waals surface area contributed by atoms with Gasteiger partial charge < -0.3 is 63.4 Å². The summed E-state index contributed by atoms with van der Waals surface area (Å²) in [5, 5.41) is 54.5. The van der Waals surface area contributed by atoms with Crippen molar-refractivity contribution < 1.29 is 73.0 Å². The molecule has 4 aliphatic heterocycles. The first-order valence-electron chi connectivity index (χ1n) is 18.0. The van der Waals surface area contributed by atoms with Gasteiger partial charge in [0.2, 0.25) is 0 Å². The Labute approximate surface area is 300 Å². The number of carbonyl (C=O) groups excluding carboxylic acids is 2. The lowest BCUT2D eigenvalue weighted by atomic mass is 9.80. The van der Waals surface area contributed by atoms with Crippen molar-refractivity contribution in [2.45, 2.75) is 165 Å². The third-order valence-electron chi connectivity index (χ3n) is 11.1. The van der Waals surface area contributed by atoms with E-state index in [4.69, 9.17) is 37.9 Å². The first-order chi connectivity index (χ1) is 23.8. The molecule has 4 aliphatic rings. The average molecular weight is 733 g/mol. The van der Waals surface area contributed by atoms with Crippen LogP contribution in [0, 0.1) is 17.8 Å². The predicted molar refractivity (Wildman–Crippen MR) is 179 cm³/mol. The van der Waals surface area contributed by atoms with Crippen LogP contribution in [-0.2, 0) is 47.5 Å². The highest BCUT2D eigenvalue weighted by molar-refractivity contribution is 5.86. The zero-order valence-electron chi connectivity index (χ0n) is 31.2. The summed E-state index contributed by atoms with van der Waals surface area (Å²) >= 11 is 0. The fourth-order valence-electron chi connectivity index (χ4n) is 7.78. The molecule has 0 spiro atoms. The first-order valence-corrected chi connectivity index (χ1v) is 18.0. The van der Waals surface area contributed by atoms with Crippen molar-refractivity contribution in [1.29, 1.82) is 0 Å². The molecule has 18 unspecified atom stereocenters. The second kappa shape index (κ2) is 17.2. The van der Waals surface area contributed by atoms with Crippen molar-refractivity contribution >= 4 is 11.8 Å². The van der Waals surface area contributed by atoms with Crippen LogP contribution in [0.5, 0.6) is 0 Å². The summed E-state index contributed by atoms with van der Waals surface area (Å²) in [6.07, 6.45) is -7.85. The highest BCUT2D eigenvalue weighted by Gasteiger charge is 2.53. The molecule has 5 N–H and O–H groups in total. The average Bonchev–Trinajstić information content (AvgIpc) is 3.82. The van der Waals surface area contributed by atoms with Gasteiger partial charge in [0.1, 0.15) is 41.7 Å². The lowest BCUT2D eigenvalue weighted by molar-refractivity contribution is -0.322. The minimum Gasteiger partial charge on any atom is -0.459 e. The Morgan fingerprint density at radius 2 is 1.59 bits per heavy atom. The van der Waals surface area contributed by atoms with Crippen LogP contribution in [0.4, 0.5) is 0 Å². The van der Waals surface area contributed by atoms with E-state index >= 15 is 0 Å². The van der Waals surface area contributed by atoms with Crippen LogP contribution >= 0.6 is 0 Å². The van der Waals surface area contributed by atoms with E-state index in [0.29, 0.717) is 6.42 Å². The van der Waals surface area contributed by atoms with Crippen LogP contribution in [0.2, 0.25) is 0 Å². The summed E-state index contributed by atoms with van der Waals surface area (Å²) in [6, 6.07) is 0. The number of Topliss-reactive ketones (excluding diaryl/α,β-unsaturated/α-hetero) is 1. The van der Waals surface area contributed by atoms with Crippen LogP contribution in [0.1, 0.15) is 74.1 Å². The molecule has 0 saturated carbocycles. The number of hydrogen-bond donors (Lipinski definition) is 5. The molecule has 15 nitrogen and oxygen atoms in total. The number of cyclic esters (lactones) is 1. The van der Waals surface area contributed by atoms with E-state index < -0.39 is 109 Å². The minimum absolute atomic E-state index is 0.0156. The summed E-state index contributed by atoms with van der Waals surface area (Å²) in [5.74, 6) is -2.54. The molecule has 0 radical (unpaired) electrons. The molecule has 3 saturated heterocycles. The maximum Gasteiger partial charge on any atom is 0.330 e. The van der Waals surface area contributed by atoms with Gasteiger partial charge in [-0.15, -0.1) is 0 Å². The van der Waals surface area contributed by atoms with Gasteiger partial charge in [-0.3, -0.25) is 4.79 Å². The fraction of sp³-hybridized carbons (Fsp3) is 0.889. The number of methoxy groups -OCH3 is 2. The van der Waals surface area contributed by atoms with Gasteiger partial charge in [0.25, 0.3) is 0 Å². The highest BCUT2D eigenvalue weighted by atomic mass is 16.7. The zero-order valence-corrected chi connectivity index (χ0v) is 31.2. The third kappa shape index (κ3) is 9.75. The van der Waals surface area contributed by atoms with Crippen molar-refractivity contribution in [3.8, 4) is 0 Å². The van der Waals surface area contributed by atoms with Gasteiger partial charge in [-0.05, 0) is 53.4 Å². The molecular weight excluding hydrogens is 672 g/mol. The minimum atomic E-state index is -1.90. The van der Waals surface area contributed by atoms with E-state index in [-0.39, 0.29) is 37.8 Å². The Hall–Kier alpha value is -1.60. The molecule has 0 aliphatic carbocycles. The number of fused-ring (bicyclic) bond motifs is 1. The molecule has 15 heteroatoms. The Morgan fingerprint density at radius 3 is 2.22 bits per heavy atom. The molecule has 294 valence electrons. The molecule has 4 rings (SSSR count). The van der Waals surface area contributed by atoms with Crippen LogP contribution in [0.3, 0.4) is 0 Å². The fourth-order valence-corrected chi connectivity index (χ4v) is 7.78. The summed E-state index contributed by atoms with van der Waals surface area (Å²) in [5.41, 5.74) is -3.64. The highest BCUT2D eigenvalue weighted by Crippen LogP contribution is 2.39. The number of esters is 1. The molecule has 0 amide bonds. The second-order valence-electron chi connectivity index (χ2n) is 15.2. The number of hydrogen-bond acceptors (Lipinski definition) is 15. The molecule has 0 aromatic rings. The number of aliphatic hydroxyl groups is 5. The van der Waals surface area contributed by atoms with Crippen LogP contribution in [0.15, 0.2) is 12.2 Å². The largest absolute Gasteiger partial charge is 0.459 e. The molecule has 0 aromatic carbocycles. The molecule has 4 heterocycles. The second-order valence-corrected chi connectivity index (χ2v) is 15.2. The quantitative estimate of drug-likeness (QED) is 0.172. The monoisotopic (exact) mass is 732 g/mol. The Balaban J connectivity index is 1.56. The summed E-state index contributed by atoms with van der Waals surface area (Å²) in [7, 11) is 2.93. The van der Waals surface area contributed by atoms with Crippen LogP contribution < -0.4 is 0 Å². The Kier molecular flexibility index (Phi) is 14.3. The van der Waals surface area contributed by atoms with Crippen molar-refractivity contribution in [3.63, 3.8) is 0 Å². The van der Waals surface area contributed by atoms with Gasteiger partial charge in [0, 0.05) is 45.0 Å². The van der Waals surface area contributed by atoms with E-state index in [1.807, 2.05) is 0 Å². The van der Waals surface area contributed by atoms with Gasteiger partial charge in [0.15, 0.2) is 18.4 Å². The smallest absolute Gasteiger partial charge is 0.330 e. The molecule has 3 fully saturated rings. The van der Waals surface area contributed by atoms with Gasteiger partial charge in [-0.1, -0.05) is 19.9 Å². The standard InChI is InChI=1S/C36H60O15/c1-17-10-13-26(39)48-20(4)23(16-46-33-31(45-9)30(44-8)27(40)21(5)49-33)29-24(50-29)11-12-25(38)35(7,42)14-18(2)28(17)51-34-32(41)36(43,22(6)37)15-19(3)47-34/h10,13,17-24,27-34,37,40-43H,11-12,14-16H2,1-9H3. The number of epoxide rings is 1. The lowest BCUT2D eigenvalue weighted by Gasteiger charge is -2.47. The molecule has 18 atom stereocenters. The lowest BCUT2D eigenvalue weighted by Crippen LogP contribution is -2.63. The maximum absolute atomic E-state index is 13.4. The molecule has 0 aromatic heterocycles. The number of carbonyl (C=O) groups is 2. The normalized spacial score (nSPS) is 48.1. The van der Waals surface area contributed by atoms with Crippen molar-refractivity contribution in [2.75, 3.05) is 20.8 Å². The van der Waals surface area contributed by atoms with Crippen molar-refractivity contribution in [2.24, 2.45) is 17.8 Å². The molecular formula is C36H60O15. The summed E-state index contributed by atoms with van der Waals surface area (Å²) in [4.78, 5) is 26.6. The maximum atomic E-state index is 13.4. The number of ether oxygens (including phenoxy) is 8. The van der Waals surface area contributed by atoms with Gasteiger partial charge >= 0.3 is 5.97 Å². The van der Waals surface area contributed by atoms with Gasteiger partial charge in [-0.2, -0.15) is 0 Å². The van der Waals surface area contributed by atoms with E-state index in [0.717, 1.165) is 0 Å². The predicted octanol–water partition coefficient (Wildman–Crippen LogP) is 0.779. The van der Waals surface area contributed by atoms with E-state index in [2.05, 4.69) is 0 Å². The SMILES string of the molecule is COC1C(OCC2C(C)OC(=O)C=CC(C)C(OC3OC(C)CC(O)(C(C)O)C3O)C(C)CC(C)(O)C(=O)CCC3OC32)OC(C)C(O)C1OC.